The number of halogens is 3. The molecule has 152 valence electrons. The second-order valence-corrected chi connectivity index (χ2v) is 7.02. The molecule has 7 heteroatoms. The molecule has 30 heavy (non-hydrogen) atoms. The number of hydrogen-bond donors (Lipinski definition) is 1. The molecule has 0 saturated heterocycles. The molecule has 0 aliphatic rings. The lowest BCUT2D eigenvalue weighted by atomic mass is 10.1. The fraction of sp³-hybridized carbons (Fsp3) is 0.130. The summed E-state index contributed by atoms with van der Waals surface area (Å²) in [7, 11) is 0. The third-order valence-electron chi connectivity index (χ3n) is 4.73. The number of fused-ring (bicyclic) bond motifs is 1. The lowest BCUT2D eigenvalue weighted by Crippen LogP contribution is -2.05. The highest BCUT2D eigenvalue weighted by Crippen LogP contribution is 2.29. The van der Waals surface area contributed by atoms with Gasteiger partial charge in [-0.05, 0) is 30.7 Å². The highest BCUT2D eigenvalue weighted by molar-refractivity contribution is 5.99. The minimum Gasteiger partial charge on any atom is -0.342 e. The van der Waals surface area contributed by atoms with Gasteiger partial charge in [-0.2, -0.15) is 18.3 Å². The zero-order chi connectivity index (χ0) is 21.1. The second-order valence-electron chi connectivity index (χ2n) is 7.02. The van der Waals surface area contributed by atoms with Crippen LogP contribution in [0.5, 0.6) is 0 Å². The van der Waals surface area contributed by atoms with Crippen LogP contribution in [0.25, 0.3) is 10.9 Å². The van der Waals surface area contributed by atoms with Gasteiger partial charge in [-0.1, -0.05) is 48.0 Å². The maximum Gasteiger partial charge on any atom is 0.417 e. The van der Waals surface area contributed by atoms with Gasteiger partial charge in [0.15, 0.2) is 0 Å². The third-order valence-corrected chi connectivity index (χ3v) is 4.73. The zero-order valence-corrected chi connectivity index (χ0v) is 16.2. The van der Waals surface area contributed by atoms with Gasteiger partial charge in [0.1, 0.15) is 5.82 Å². The van der Waals surface area contributed by atoms with E-state index >= 15 is 0 Å². The Labute approximate surface area is 171 Å². The quantitative estimate of drug-likeness (QED) is 0.332. The van der Waals surface area contributed by atoms with Gasteiger partial charge in [0, 0.05) is 35.4 Å². The molecule has 0 spiro atoms. The van der Waals surface area contributed by atoms with Gasteiger partial charge in [-0.25, -0.2) is 4.98 Å². The first kappa shape index (κ1) is 19.7. The minimum atomic E-state index is -4.41. The van der Waals surface area contributed by atoms with E-state index in [1.54, 1.807) is 6.21 Å². The number of aryl methyl sites for hydroxylation is 1. The van der Waals surface area contributed by atoms with Crippen molar-refractivity contribution in [2.75, 3.05) is 5.43 Å². The molecule has 0 amide bonds. The SMILES string of the molecule is Cc1cccc(Cn2cc(/C=N\Nc3ccc(C(F)(F)F)cn3)c3ccccc32)c1. The van der Waals surface area contributed by atoms with E-state index in [0.717, 1.165) is 35.3 Å². The monoisotopic (exact) mass is 408 g/mol. The molecule has 2 aromatic carbocycles. The highest BCUT2D eigenvalue weighted by atomic mass is 19.4. The number of hydrogen-bond acceptors (Lipinski definition) is 3. The molecule has 2 heterocycles. The molecule has 0 unspecified atom stereocenters. The van der Waals surface area contributed by atoms with Crippen LogP contribution in [-0.4, -0.2) is 15.8 Å². The van der Waals surface area contributed by atoms with Gasteiger partial charge < -0.3 is 4.57 Å². The standard InChI is InChI=1S/C23H19F3N4/c1-16-5-4-6-17(11-16)14-30-15-18(20-7-2-3-8-21(20)30)12-28-29-22-10-9-19(13-27-22)23(24,25)26/h2-13,15H,14H2,1H3,(H,27,29)/b28-12-. The average Bonchev–Trinajstić information content (AvgIpc) is 3.05. The van der Waals surface area contributed by atoms with Crippen LogP contribution in [-0.2, 0) is 12.7 Å². The summed E-state index contributed by atoms with van der Waals surface area (Å²) in [6.45, 7) is 2.79. The lowest BCUT2D eigenvalue weighted by Gasteiger charge is -2.06. The number of alkyl halides is 3. The Morgan fingerprint density at radius 3 is 2.63 bits per heavy atom. The molecule has 0 aliphatic carbocycles. The molecule has 0 radical (unpaired) electrons. The Morgan fingerprint density at radius 2 is 1.90 bits per heavy atom. The van der Waals surface area contributed by atoms with E-state index in [1.807, 2.05) is 36.5 Å². The number of para-hydroxylation sites is 1. The molecule has 4 aromatic rings. The van der Waals surface area contributed by atoms with Crippen LogP contribution in [0.4, 0.5) is 19.0 Å². The first-order chi connectivity index (χ1) is 14.4. The van der Waals surface area contributed by atoms with Gasteiger partial charge >= 0.3 is 6.18 Å². The van der Waals surface area contributed by atoms with Crippen molar-refractivity contribution in [1.82, 2.24) is 9.55 Å². The van der Waals surface area contributed by atoms with Gasteiger partial charge in [0.2, 0.25) is 0 Å². The Bertz CT molecular complexity index is 1190. The smallest absolute Gasteiger partial charge is 0.342 e. The van der Waals surface area contributed by atoms with E-state index in [1.165, 1.54) is 17.2 Å². The Balaban J connectivity index is 1.55. The third kappa shape index (κ3) is 4.35. The molecule has 1 N–H and O–H groups in total. The maximum absolute atomic E-state index is 12.6. The molecule has 0 aliphatic heterocycles. The zero-order valence-electron chi connectivity index (χ0n) is 16.2. The Morgan fingerprint density at radius 1 is 1.07 bits per heavy atom. The topological polar surface area (TPSA) is 42.2 Å². The van der Waals surface area contributed by atoms with E-state index < -0.39 is 11.7 Å². The van der Waals surface area contributed by atoms with Gasteiger partial charge in [0.05, 0.1) is 11.8 Å². The molecular formula is C23H19F3N4. The predicted octanol–water partition coefficient (Wildman–Crippen LogP) is 5.86. The van der Waals surface area contributed by atoms with E-state index in [0.29, 0.717) is 0 Å². The normalized spacial score (nSPS) is 12.0. The molecule has 0 fully saturated rings. The summed E-state index contributed by atoms with van der Waals surface area (Å²) in [5.74, 6) is 0.239. The molecular weight excluding hydrogens is 389 g/mol. The first-order valence-electron chi connectivity index (χ1n) is 9.36. The Kier molecular flexibility index (Phi) is 5.27. The van der Waals surface area contributed by atoms with Gasteiger partial charge in [-0.3, -0.25) is 5.43 Å². The summed E-state index contributed by atoms with van der Waals surface area (Å²) in [5, 5.41) is 5.19. The highest BCUT2D eigenvalue weighted by Gasteiger charge is 2.30. The number of rotatable bonds is 5. The maximum atomic E-state index is 12.6. The van der Waals surface area contributed by atoms with Gasteiger partial charge in [-0.15, -0.1) is 0 Å². The number of benzene rings is 2. The molecule has 2 aromatic heterocycles. The number of anilines is 1. The van der Waals surface area contributed by atoms with E-state index in [-0.39, 0.29) is 5.82 Å². The molecule has 4 rings (SSSR count). The van der Waals surface area contributed by atoms with Crippen molar-refractivity contribution in [3.63, 3.8) is 0 Å². The summed E-state index contributed by atoms with van der Waals surface area (Å²) in [6.07, 6.45) is 0.0340. The van der Waals surface area contributed by atoms with Crippen molar-refractivity contribution in [1.29, 1.82) is 0 Å². The van der Waals surface area contributed by atoms with Crippen LogP contribution < -0.4 is 5.43 Å². The lowest BCUT2D eigenvalue weighted by molar-refractivity contribution is -0.137. The summed E-state index contributed by atoms with van der Waals surface area (Å²) in [6, 6.07) is 18.6. The summed E-state index contributed by atoms with van der Waals surface area (Å²) < 4.78 is 40.0. The Hall–Kier alpha value is -3.61. The van der Waals surface area contributed by atoms with E-state index in [2.05, 4.69) is 45.2 Å². The number of aromatic nitrogens is 2. The van der Waals surface area contributed by atoms with Crippen LogP contribution in [0.15, 0.2) is 78.2 Å². The van der Waals surface area contributed by atoms with E-state index in [9.17, 15) is 13.2 Å². The van der Waals surface area contributed by atoms with Crippen molar-refractivity contribution in [2.45, 2.75) is 19.6 Å². The molecule has 0 atom stereocenters. The molecule has 0 saturated carbocycles. The number of nitrogens with one attached hydrogen (secondary N) is 1. The van der Waals surface area contributed by atoms with Crippen molar-refractivity contribution in [3.8, 4) is 0 Å². The van der Waals surface area contributed by atoms with E-state index in [4.69, 9.17) is 0 Å². The first-order valence-corrected chi connectivity index (χ1v) is 9.36. The van der Waals surface area contributed by atoms with Crippen LogP contribution >= 0.6 is 0 Å². The minimum absolute atomic E-state index is 0.239. The second kappa shape index (κ2) is 8.02. The van der Waals surface area contributed by atoms with Crippen molar-refractivity contribution in [3.05, 3.63) is 95.3 Å². The fourth-order valence-corrected chi connectivity index (χ4v) is 3.31. The summed E-state index contributed by atoms with van der Waals surface area (Å²) >= 11 is 0. The molecule has 4 nitrogen and oxygen atoms in total. The fourth-order valence-electron chi connectivity index (χ4n) is 3.31. The number of pyridine rings is 1. The van der Waals surface area contributed by atoms with Crippen molar-refractivity contribution < 1.29 is 13.2 Å². The van der Waals surface area contributed by atoms with Crippen LogP contribution in [0, 0.1) is 6.92 Å². The van der Waals surface area contributed by atoms with Gasteiger partial charge in [0.25, 0.3) is 0 Å². The van der Waals surface area contributed by atoms with Crippen LogP contribution in [0.1, 0.15) is 22.3 Å². The summed E-state index contributed by atoms with van der Waals surface area (Å²) in [5.41, 5.74) is 6.27. The number of hydrazone groups is 1. The average molecular weight is 408 g/mol. The van der Waals surface area contributed by atoms with Crippen molar-refractivity contribution in [2.24, 2.45) is 5.10 Å². The van der Waals surface area contributed by atoms with Crippen LogP contribution in [0.3, 0.4) is 0 Å². The predicted molar refractivity (Wildman–Crippen MR) is 113 cm³/mol. The largest absolute Gasteiger partial charge is 0.417 e. The van der Waals surface area contributed by atoms with Crippen LogP contribution in [0.2, 0.25) is 0 Å². The number of nitrogens with zero attached hydrogens (tertiary/aromatic N) is 3. The summed E-state index contributed by atoms with van der Waals surface area (Å²) in [4.78, 5) is 3.76. The molecule has 0 bridgehead atoms. The van der Waals surface area contributed by atoms with Crippen molar-refractivity contribution >= 4 is 22.9 Å².